The first kappa shape index (κ1) is 17.2. The number of rotatable bonds is 5. The van der Waals surface area contributed by atoms with Gasteiger partial charge in [0.25, 0.3) is 0 Å². The normalized spacial score (nSPS) is 15.7. The molecule has 0 bridgehead atoms. The first-order valence-electron chi connectivity index (χ1n) is 6.70. The number of nitrogens with one attached hydrogen (secondary N) is 1. The van der Waals surface area contributed by atoms with Gasteiger partial charge in [-0.05, 0) is 39.0 Å². The highest BCUT2D eigenvalue weighted by Crippen LogP contribution is 2.15. The molecule has 0 aromatic heterocycles. The zero-order valence-electron chi connectivity index (χ0n) is 12.8. The summed E-state index contributed by atoms with van der Waals surface area (Å²) in [6.07, 6.45) is -0.347. The molecule has 0 aliphatic carbocycles. The number of ether oxygens (including phenoxy) is 1. The van der Waals surface area contributed by atoms with Crippen LogP contribution < -0.4 is 5.32 Å². The summed E-state index contributed by atoms with van der Waals surface area (Å²) in [6.45, 7) is 13.5. The molecule has 2 atom stereocenters. The number of carbonyl (C=O) groups is 1. The number of aliphatic hydroxyl groups excluding tert-OH is 1. The lowest BCUT2D eigenvalue weighted by molar-refractivity contribution is 0.0342. The Morgan fingerprint density at radius 2 is 1.72 bits per heavy atom. The van der Waals surface area contributed by atoms with Gasteiger partial charge in [0.15, 0.2) is 0 Å². The second-order valence-corrected chi connectivity index (χ2v) is 6.61. The van der Waals surface area contributed by atoms with Gasteiger partial charge in [-0.3, -0.25) is 0 Å². The fourth-order valence-corrected chi connectivity index (χ4v) is 1.78. The van der Waals surface area contributed by atoms with E-state index in [0.717, 1.165) is 0 Å². The van der Waals surface area contributed by atoms with Crippen molar-refractivity contribution in [2.75, 3.05) is 0 Å². The topological polar surface area (TPSA) is 58.6 Å². The van der Waals surface area contributed by atoms with E-state index in [1.54, 1.807) is 0 Å². The van der Waals surface area contributed by atoms with Crippen LogP contribution in [0.5, 0.6) is 0 Å². The summed E-state index contributed by atoms with van der Waals surface area (Å²) in [6, 6.07) is -0.276. The highest BCUT2D eigenvalue weighted by atomic mass is 16.6. The Hall–Kier alpha value is -0.770. The molecule has 108 valence electrons. The Kier molecular flexibility index (Phi) is 6.68. The quantitative estimate of drug-likeness (QED) is 0.798. The van der Waals surface area contributed by atoms with Crippen LogP contribution in [0.4, 0.5) is 4.79 Å². The monoisotopic (exact) mass is 259 g/mol. The highest BCUT2D eigenvalue weighted by Gasteiger charge is 2.27. The summed E-state index contributed by atoms with van der Waals surface area (Å²) in [7, 11) is 0. The fraction of sp³-hybridized carbons (Fsp3) is 0.929. The lowest BCUT2D eigenvalue weighted by Crippen LogP contribution is -2.48. The predicted octanol–water partition coefficient (Wildman–Crippen LogP) is 2.94. The molecule has 0 aliphatic rings. The summed E-state index contributed by atoms with van der Waals surface area (Å²) in [4.78, 5) is 11.7. The molecular formula is C14H29NO3. The third-order valence-electron chi connectivity index (χ3n) is 2.53. The number of hydrogen-bond acceptors (Lipinski definition) is 3. The van der Waals surface area contributed by atoms with Crippen molar-refractivity contribution < 1.29 is 14.6 Å². The minimum atomic E-state index is -0.544. The molecule has 0 saturated heterocycles. The Balaban J connectivity index is 4.49. The second-order valence-electron chi connectivity index (χ2n) is 6.61. The van der Waals surface area contributed by atoms with E-state index in [-0.39, 0.29) is 12.0 Å². The van der Waals surface area contributed by atoms with E-state index in [9.17, 15) is 9.90 Å². The molecule has 0 rings (SSSR count). The first-order valence-corrected chi connectivity index (χ1v) is 6.70. The fourth-order valence-electron chi connectivity index (χ4n) is 1.78. The molecule has 0 heterocycles. The molecule has 2 unspecified atom stereocenters. The summed E-state index contributed by atoms with van der Waals surface area (Å²) < 4.78 is 5.21. The van der Waals surface area contributed by atoms with Crippen LogP contribution in [0.25, 0.3) is 0 Å². The van der Waals surface area contributed by atoms with Crippen molar-refractivity contribution in [3.05, 3.63) is 0 Å². The molecule has 1 amide bonds. The molecule has 0 aromatic carbocycles. The van der Waals surface area contributed by atoms with Gasteiger partial charge < -0.3 is 15.2 Å². The molecule has 0 aliphatic heterocycles. The highest BCUT2D eigenvalue weighted by molar-refractivity contribution is 5.68. The van der Waals surface area contributed by atoms with Gasteiger partial charge in [0.1, 0.15) is 5.60 Å². The summed E-state index contributed by atoms with van der Waals surface area (Å²) in [5, 5.41) is 12.9. The molecule has 0 spiro atoms. The van der Waals surface area contributed by atoms with Crippen molar-refractivity contribution in [3.63, 3.8) is 0 Å². The molecule has 2 N–H and O–H groups in total. The molecule has 0 radical (unpaired) electrons. The van der Waals surface area contributed by atoms with E-state index in [0.29, 0.717) is 12.3 Å². The third kappa shape index (κ3) is 7.54. The number of hydrogen-bond donors (Lipinski definition) is 2. The van der Waals surface area contributed by atoms with Gasteiger partial charge in [-0.25, -0.2) is 4.79 Å². The van der Waals surface area contributed by atoms with Crippen LogP contribution >= 0.6 is 0 Å². The Morgan fingerprint density at radius 1 is 1.22 bits per heavy atom. The van der Waals surface area contributed by atoms with Crippen molar-refractivity contribution in [2.24, 2.45) is 11.8 Å². The second kappa shape index (κ2) is 6.98. The zero-order chi connectivity index (χ0) is 14.5. The average Bonchev–Trinajstić information content (AvgIpc) is 2.09. The number of aliphatic hydroxyl groups is 1. The van der Waals surface area contributed by atoms with Gasteiger partial charge in [0, 0.05) is 0 Å². The van der Waals surface area contributed by atoms with E-state index < -0.39 is 17.8 Å². The van der Waals surface area contributed by atoms with Gasteiger partial charge in [-0.1, -0.05) is 27.7 Å². The van der Waals surface area contributed by atoms with Crippen LogP contribution in [0.3, 0.4) is 0 Å². The predicted molar refractivity (Wildman–Crippen MR) is 73.5 cm³/mol. The van der Waals surface area contributed by atoms with Crippen molar-refractivity contribution in [3.8, 4) is 0 Å². The maximum absolute atomic E-state index is 11.7. The van der Waals surface area contributed by atoms with Gasteiger partial charge >= 0.3 is 6.09 Å². The van der Waals surface area contributed by atoms with Crippen LogP contribution in [0.2, 0.25) is 0 Å². The van der Waals surface area contributed by atoms with Gasteiger partial charge in [-0.15, -0.1) is 0 Å². The molecule has 0 saturated carbocycles. The molecule has 4 heteroatoms. The van der Waals surface area contributed by atoms with E-state index in [4.69, 9.17) is 4.74 Å². The van der Waals surface area contributed by atoms with E-state index in [1.807, 2.05) is 48.5 Å². The SMILES string of the molecule is CC(C)CC(O)C(NC(=O)OC(C)(C)C)C(C)C. The number of carbonyl (C=O) groups excluding carboxylic acids is 1. The zero-order valence-corrected chi connectivity index (χ0v) is 12.8. The molecule has 4 nitrogen and oxygen atoms in total. The van der Waals surface area contributed by atoms with Gasteiger partial charge in [0.05, 0.1) is 12.1 Å². The van der Waals surface area contributed by atoms with Crippen molar-refractivity contribution >= 4 is 6.09 Å². The van der Waals surface area contributed by atoms with E-state index in [1.165, 1.54) is 0 Å². The Bertz CT molecular complexity index is 256. The number of amides is 1. The van der Waals surface area contributed by atoms with Crippen molar-refractivity contribution in [2.45, 2.75) is 72.6 Å². The summed E-state index contributed by atoms with van der Waals surface area (Å²) >= 11 is 0. The lowest BCUT2D eigenvalue weighted by Gasteiger charge is -2.30. The van der Waals surface area contributed by atoms with Crippen molar-refractivity contribution in [1.82, 2.24) is 5.32 Å². The maximum atomic E-state index is 11.7. The van der Waals surface area contributed by atoms with Gasteiger partial charge in [0.2, 0.25) is 0 Å². The molecular weight excluding hydrogens is 230 g/mol. The van der Waals surface area contributed by atoms with E-state index in [2.05, 4.69) is 5.32 Å². The minimum absolute atomic E-state index is 0.159. The number of alkyl carbamates (subject to hydrolysis) is 1. The van der Waals surface area contributed by atoms with Gasteiger partial charge in [-0.2, -0.15) is 0 Å². The molecule has 18 heavy (non-hydrogen) atoms. The summed E-state index contributed by atoms with van der Waals surface area (Å²) in [5.74, 6) is 0.549. The first-order chi connectivity index (χ1) is 8.03. The average molecular weight is 259 g/mol. The summed E-state index contributed by atoms with van der Waals surface area (Å²) in [5.41, 5.74) is -0.519. The van der Waals surface area contributed by atoms with Crippen LogP contribution in [-0.4, -0.2) is 28.9 Å². The molecule has 0 fully saturated rings. The Morgan fingerprint density at radius 3 is 2.06 bits per heavy atom. The lowest BCUT2D eigenvalue weighted by atomic mass is 9.93. The van der Waals surface area contributed by atoms with Crippen LogP contribution in [0, 0.1) is 11.8 Å². The molecule has 0 aromatic rings. The maximum Gasteiger partial charge on any atom is 0.407 e. The largest absolute Gasteiger partial charge is 0.444 e. The standard InChI is InChI=1S/C14H29NO3/c1-9(2)8-11(16)12(10(3)4)15-13(17)18-14(5,6)7/h9-12,16H,8H2,1-7H3,(H,15,17). The van der Waals surface area contributed by atoms with Crippen LogP contribution in [-0.2, 0) is 4.74 Å². The van der Waals surface area contributed by atoms with Crippen LogP contribution in [0.15, 0.2) is 0 Å². The van der Waals surface area contributed by atoms with E-state index >= 15 is 0 Å². The minimum Gasteiger partial charge on any atom is -0.444 e. The van der Waals surface area contributed by atoms with Crippen LogP contribution in [0.1, 0.15) is 54.9 Å². The van der Waals surface area contributed by atoms with Crippen molar-refractivity contribution in [1.29, 1.82) is 0 Å². The smallest absolute Gasteiger partial charge is 0.407 e. The Labute approximate surface area is 111 Å². The third-order valence-corrected chi connectivity index (χ3v) is 2.53.